The number of pyridine rings is 1. The van der Waals surface area contributed by atoms with Gasteiger partial charge in [-0.1, -0.05) is 25.8 Å². The highest BCUT2D eigenvalue weighted by atomic mass is 16.5. The maximum absolute atomic E-state index is 12.4. The normalized spacial score (nSPS) is 10.4. The van der Waals surface area contributed by atoms with Gasteiger partial charge < -0.3 is 19.7 Å². The Morgan fingerprint density at radius 2 is 2.04 bits per heavy atom. The van der Waals surface area contributed by atoms with Crippen LogP contribution in [0.1, 0.15) is 42.2 Å². The minimum Gasteiger partial charge on any atom is -0.756 e. The Morgan fingerprint density at radius 3 is 2.73 bits per heavy atom. The van der Waals surface area contributed by atoms with Gasteiger partial charge in [0.05, 0.1) is 13.7 Å². The van der Waals surface area contributed by atoms with E-state index in [-0.39, 0.29) is 12.1 Å². The molecule has 0 unspecified atom stereocenters. The van der Waals surface area contributed by atoms with Gasteiger partial charge in [-0.2, -0.15) is 0 Å². The molecule has 6 heteroatoms. The van der Waals surface area contributed by atoms with E-state index >= 15 is 0 Å². The average molecular weight is 357 g/mol. The van der Waals surface area contributed by atoms with Crippen molar-refractivity contribution >= 4 is 5.91 Å². The zero-order chi connectivity index (χ0) is 18.8. The van der Waals surface area contributed by atoms with Gasteiger partial charge in [0.15, 0.2) is 11.5 Å². The molecule has 6 nitrogen and oxygen atoms in total. The van der Waals surface area contributed by atoms with Crippen molar-refractivity contribution in [3.05, 3.63) is 59.1 Å². The van der Waals surface area contributed by atoms with Crippen LogP contribution >= 0.6 is 0 Å². The van der Waals surface area contributed by atoms with Gasteiger partial charge in [0.2, 0.25) is 5.91 Å². The Kier molecular flexibility index (Phi) is 7.89. The second-order valence-corrected chi connectivity index (χ2v) is 5.90. The lowest BCUT2D eigenvalue weighted by Gasteiger charge is -2.28. The summed E-state index contributed by atoms with van der Waals surface area (Å²) in [7, 11) is 1.54. The summed E-state index contributed by atoms with van der Waals surface area (Å²) < 4.78 is 11.0. The lowest BCUT2D eigenvalue weighted by molar-refractivity contribution is 0.0823. The Balaban J connectivity index is 2.00. The molecule has 0 radical (unpaired) electrons. The van der Waals surface area contributed by atoms with E-state index in [1.165, 1.54) is 0 Å². The number of ether oxygens (including phenoxy) is 2. The van der Waals surface area contributed by atoms with Crippen LogP contribution in [0.4, 0.5) is 0 Å². The van der Waals surface area contributed by atoms with Crippen LogP contribution in [0, 0.1) is 5.21 Å². The molecule has 0 saturated carbocycles. The molecule has 0 atom stereocenters. The van der Waals surface area contributed by atoms with Gasteiger partial charge in [0.1, 0.15) is 0 Å². The molecule has 1 amide bonds. The fourth-order valence-corrected chi connectivity index (χ4v) is 2.46. The van der Waals surface area contributed by atoms with Crippen LogP contribution < -0.4 is 9.47 Å². The average Bonchev–Trinajstić information content (AvgIpc) is 2.69. The standard InChI is InChI=1S/C20H25N2O4/c1-3-4-7-14-26-19-15-16(9-10-18(19)25-2)20(23)22(24)13-11-17-8-5-6-12-21-17/h5-6,8-10,12,15H,3-4,7,11,13-14H2,1-2H3/q-1. The molecule has 0 aliphatic carbocycles. The van der Waals surface area contributed by atoms with Gasteiger partial charge in [0, 0.05) is 30.4 Å². The zero-order valence-electron chi connectivity index (χ0n) is 15.3. The van der Waals surface area contributed by atoms with Crippen molar-refractivity contribution in [2.75, 3.05) is 20.3 Å². The number of hydrogen-bond donors (Lipinski definition) is 0. The highest BCUT2D eigenvalue weighted by Gasteiger charge is 2.13. The third-order valence-electron chi connectivity index (χ3n) is 3.94. The van der Waals surface area contributed by atoms with Crippen LogP contribution in [-0.2, 0) is 6.42 Å². The van der Waals surface area contributed by atoms with Crippen molar-refractivity contribution in [1.82, 2.24) is 10.0 Å². The molecule has 0 bridgehead atoms. The van der Waals surface area contributed by atoms with Crippen LogP contribution in [0.3, 0.4) is 0 Å². The maximum Gasteiger partial charge on any atom is 0.243 e. The number of benzene rings is 1. The zero-order valence-corrected chi connectivity index (χ0v) is 15.3. The van der Waals surface area contributed by atoms with Crippen molar-refractivity contribution in [3.8, 4) is 11.5 Å². The van der Waals surface area contributed by atoms with Crippen LogP contribution in [0.2, 0.25) is 0 Å². The van der Waals surface area contributed by atoms with Crippen LogP contribution in [0.5, 0.6) is 11.5 Å². The minimum absolute atomic E-state index is 0.0502. The van der Waals surface area contributed by atoms with Crippen LogP contribution in [0.15, 0.2) is 42.6 Å². The van der Waals surface area contributed by atoms with Crippen molar-refractivity contribution < 1.29 is 14.3 Å². The summed E-state index contributed by atoms with van der Waals surface area (Å²) in [5, 5.41) is 12.6. The predicted octanol–water partition coefficient (Wildman–Crippen LogP) is 3.84. The van der Waals surface area contributed by atoms with E-state index in [0.717, 1.165) is 25.0 Å². The minimum atomic E-state index is -0.595. The lowest BCUT2D eigenvalue weighted by atomic mass is 10.1. The fourth-order valence-electron chi connectivity index (χ4n) is 2.46. The summed E-state index contributed by atoms with van der Waals surface area (Å²) in [6.45, 7) is 2.71. The lowest BCUT2D eigenvalue weighted by Crippen LogP contribution is -2.27. The summed E-state index contributed by atoms with van der Waals surface area (Å²) in [5.74, 6) is 0.429. The topological polar surface area (TPSA) is 74.7 Å². The second-order valence-electron chi connectivity index (χ2n) is 5.90. The molecule has 0 N–H and O–H groups in total. The number of carbonyl (C=O) groups is 1. The summed E-state index contributed by atoms with van der Waals surface area (Å²) in [6, 6.07) is 10.3. The van der Waals surface area contributed by atoms with E-state index in [1.54, 1.807) is 31.5 Å². The molecule has 0 spiro atoms. The molecule has 140 valence electrons. The molecule has 0 aliphatic rings. The molecule has 0 saturated heterocycles. The Bertz CT molecular complexity index is 691. The molecule has 1 aromatic heterocycles. The van der Waals surface area contributed by atoms with Crippen molar-refractivity contribution in [2.24, 2.45) is 0 Å². The third kappa shape index (κ3) is 5.74. The largest absolute Gasteiger partial charge is 0.756 e. The first-order valence-electron chi connectivity index (χ1n) is 8.85. The van der Waals surface area contributed by atoms with E-state index < -0.39 is 5.91 Å². The number of methoxy groups -OCH3 is 1. The summed E-state index contributed by atoms with van der Waals surface area (Å²) in [5.41, 5.74) is 1.06. The molecule has 1 heterocycles. The molecule has 2 aromatic rings. The number of rotatable bonds is 10. The summed E-state index contributed by atoms with van der Waals surface area (Å²) in [4.78, 5) is 16.5. The number of nitrogens with zero attached hydrogens (tertiary/aromatic N) is 2. The van der Waals surface area contributed by atoms with E-state index in [1.807, 2.05) is 18.2 Å². The molecule has 26 heavy (non-hydrogen) atoms. The summed E-state index contributed by atoms with van der Waals surface area (Å²) in [6.07, 6.45) is 5.17. The van der Waals surface area contributed by atoms with Gasteiger partial charge in [-0.25, -0.2) is 0 Å². The highest BCUT2D eigenvalue weighted by molar-refractivity contribution is 5.95. The third-order valence-corrected chi connectivity index (χ3v) is 3.94. The molecule has 1 aromatic carbocycles. The van der Waals surface area contributed by atoms with Gasteiger partial charge >= 0.3 is 0 Å². The Hall–Kier alpha value is -2.60. The number of unbranched alkanes of at least 4 members (excludes halogenated alkanes) is 2. The van der Waals surface area contributed by atoms with E-state index in [0.29, 0.717) is 29.6 Å². The molecule has 0 aliphatic heterocycles. The Morgan fingerprint density at radius 1 is 1.19 bits per heavy atom. The smallest absolute Gasteiger partial charge is 0.243 e. The van der Waals surface area contributed by atoms with Crippen molar-refractivity contribution in [2.45, 2.75) is 32.6 Å². The number of carbonyl (C=O) groups excluding carboxylic acids is 1. The first-order chi connectivity index (χ1) is 12.7. The van der Waals surface area contributed by atoms with Crippen molar-refractivity contribution in [3.63, 3.8) is 0 Å². The van der Waals surface area contributed by atoms with E-state index in [9.17, 15) is 10.0 Å². The first-order valence-corrected chi connectivity index (χ1v) is 8.85. The fraction of sp³-hybridized carbons (Fsp3) is 0.400. The van der Waals surface area contributed by atoms with E-state index in [2.05, 4.69) is 11.9 Å². The molecular weight excluding hydrogens is 332 g/mol. The SMILES string of the molecule is CCCCCOc1cc(C(=O)N([O-])CCc2ccccn2)ccc1OC. The second kappa shape index (κ2) is 10.4. The van der Waals surface area contributed by atoms with Gasteiger partial charge in [-0.15, -0.1) is 0 Å². The number of aromatic nitrogens is 1. The molecular formula is C20H25N2O4-. The number of amides is 1. The Labute approximate surface area is 154 Å². The number of hydrogen-bond acceptors (Lipinski definition) is 5. The van der Waals surface area contributed by atoms with Gasteiger partial charge in [-0.05, 0) is 36.8 Å². The van der Waals surface area contributed by atoms with Gasteiger partial charge in [0.25, 0.3) is 0 Å². The quantitative estimate of drug-likeness (QED) is 0.477. The van der Waals surface area contributed by atoms with E-state index in [4.69, 9.17) is 9.47 Å². The predicted molar refractivity (Wildman–Crippen MR) is 100 cm³/mol. The van der Waals surface area contributed by atoms with Crippen LogP contribution in [0.25, 0.3) is 0 Å². The van der Waals surface area contributed by atoms with Crippen molar-refractivity contribution in [1.29, 1.82) is 0 Å². The maximum atomic E-state index is 12.4. The monoisotopic (exact) mass is 357 g/mol. The molecule has 0 fully saturated rings. The summed E-state index contributed by atoms with van der Waals surface area (Å²) >= 11 is 0. The molecule has 2 rings (SSSR count). The van der Waals surface area contributed by atoms with Gasteiger partial charge in [-0.3, -0.25) is 9.78 Å². The number of hydroxylamine groups is 2. The first kappa shape index (κ1) is 19.7. The van der Waals surface area contributed by atoms with Crippen LogP contribution in [-0.4, -0.2) is 36.2 Å². The highest BCUT2D eigenvalue weighted by Crippen LogP contribution is 2.28.